The highest BCUT2D eigenvalue weighted by molar-refractivity contribution is 5.91. The molecule has 0 aliphatic carbocycles. The van der Waals surface area contributed by atoms with E-state index in [0.29, 0.717) is 18.8 Å². The van der Waals surface area contributed by atoms with Crippen LogP contribution in [0.25, 0.3) is 0 Å². The van der Waals surface area contributed by atoms with Crippen LogP contribution in [0.2, 0.25) is 0 Å². The third-order valence-electron chi connectivity index (χ3n) is 2.73. The summed E-state index contributed by atoms with van der Waals surface area (Å²) < 4.78 is 9.90. The van der Waals surface area contributed by atoms with Gasteiger partial charge in [0.05, 0.1) is 19.6 Å². The van der Waals surface area contributed by atoms with Crippen LogP contribution in [0.4, 0.5) is 0 Å². The van der Waals surface area contributed by atoms with Crippen LogP contribution in [0, 0.1) is 5.92 Å². The predicted molar refractivity (Wildman–Crippen MR) is 69.5 cm³/mol. The van der Waals surface area contributed by atoms with Crippen molar-refractivity contribution in [1.29, 1.82) is 0 Å². The highest BCUT2D eigenvalue weighted by Gasteiger charge is 2.17. The van der Waals surface area contributed by atoms with E-state index < -0.39 is 5.97 Å². The summed E-state index contributed by atoms with van der Waals surface area (Å²) in [6, 6.07) is 4.87. The molecule has 1 rings (SSSR count). The van der Waals surface area contributed by atoms with Gasteiger partial charge in [-0.3, -0.25) is 4.79 Å². The number of methoxy groups -OCH3 is 1. The molecule has 0 saturated carbocycles. The van der Waals surface area contributed by atoms with Gasteiger partial charge >= 0.3 is 11.9 Å². The molecule has 5 nitrogen and oxygen atoms in total. The van der Waals surface area contributed by atoms with Crippen molar-refractivity contribution < 1.29 is 24.2 Å². The first kappa shape index (κ1) is 15.0. The summed E-state index contributed by atoms with van der Waals surface area (Å²) in [5, 5.41) is 9.08. The maximum absolute atomic E-state index is 11.5. The molecule has 0 heterocycles. The molecule has 5 heteroatoms. The smallest absolute Gasteiger partial charge is 0.339 e. The average Bonchev–Trinajstić information content (AvgIpc) is 2.38. The van der Waals surface area contributed by atoms with Crippen molar-refractivity contribution in [3.05, 3.63) is 29.3 Å². The number of ether oxygens (including phenoxy) is 2. The molecule has 0 radical (unpaired) electrons. The van der Waals surface area contributed by atoms with Gasteiger partial charge in [-0.25, -0.2) is 4.79 Å². The lowest BCUT2D eigenvalue weighted by molar-refractivity contribution is -0.147. The van der Waals surface area contributed by atoms with E-state index in [4.69, 9.17) is 14.6 Å². The number of carboxylic acid groups (broad SMARTS) is 1. The molecule has 0 fully saturated rings. The Hall–Kier alpha value is -2.04. The van der Waals surface area contributed by atoms with Gasteiger partial charge in [0, 0.05) is 0 Å². The van der Waals surface area contributed by atoms with Crippen molar-refractivity contribution in [1.82, 2.24) is 0 Å². The topological polar surface area (TPSA) is 72.8 Å². The van der Waals surface area contributed by atoms with Gasteiger partial charge in [-0.1, -0.05) is 13.0 Å². The van der Waals surface area contributed by atoms with Crippen LogP contribution >= 0.6 is 0 Å². The predicted octanol–water partition coefficient (Wildman–Crippen LogP) is 2.14. The van der Waals surface area contributed by atoms with Crippen molar-refractivity contribution >= 4 is 11.9 Å². The minimum Gasteiger partial charge on any atom is -0.496 e. The number of carboxylic acids is 1. The highest BCUT2D eigenvalue weighted by atomic mass is 16.5. The summed E-state index contributed by atoms with van der Waals surface area (Å²) in [5.74, 6) is -1.34. The first-order valence-electron chi connectivity index (χ1n) is 6.06. The Morgan fingerprint density at radius 1 is 1.37 bits per heavy atom. The summed E-state index contributed by atoms with van der Waals surface area (Å²) in [6.45, 7) is 3.84. The fraction of sp³-hybridized carbons (Fsp3) is 0.429. The Morgan fingerprint density at radius 2 is 2.05 bits per heavy atom. The molecule has 1 aromatic rings. The number of carbonyl (C=O) groups is 2. The van der Waals surface area contributed by atoms with Crippen LogP contribution in [0.1, 0.15) is 29.8 Å². The van der Waals surface area contributed by atoms with E-state index in [9.17, 15) is 9.59 Å². The normalized spacial score (nSPS) is 11.7. The van der Waals surface area contributed by atoms with E-state index >= 15 is 0 Å². The fourth-order valence-corrected chi connectivity index (χ4v) is 1.77. The molecule has 0 bridgehead atoms. The average molecular weight is 266 g/mol. The van der Waals surface area contributed by atoms with Crippen LogP contribution < -0.4 is 4.74 Å². The molecule has 0 amide bonds. The summed E-state index contributed by atoms with van der Waals surface area (Å²) in [5.41, 5.74) is 0.856. The minimum absolute atomic E-state index is 0.0936. The van der Waals surface area contributed by atoms with E-state index in [0.717, 1.165) is 5.56 Å². The Kier molecular flexibility index (Phi) is 5.36. The van der Waals surface area contributed by atoms with Gasteiger partial charge < -0.3 is 14.6 Å². The van der Waals surface area contributed by atoms with Crippen molar-refractivity contribution in [2.24, 2.45) is 5.92 Å². The monoisotopic (exact) mass is 266 g/mol. The Labute approximate surface area is 112 Å². The second kappa shape index (κ2) is 6.78. The number of aromatic carboxylic acids is 1. The van der Waals surface area contributed by atoms with Gasteiger partial charge in [0.1, 0.15) is 11.3 Å². The van der Waals surface area contributed by atoms with Gasteiger partial charge in [0.25, 0.3) is 0 Å². The lowest BCUT2D eigenvalue weighted by Gasteiger charge is -2.12. The molecule has 1 atom stereocenters. The molecular weight excluding hydrogens is 248 g/mol. The molecule has 104 valence electrons. The number of carbonyl (C=O) groups excluding carboxylic acids is 1. The Morgan fingerprint density at radius 3 is 2.58 bits per heavy atom. The van der Waals surface area contributed by atoms with E-state index in [1.165, 1.54) is 13.2 Å². The van der Waals surface area contributed by atoms with Crippen LogP contribution in [0.5, 0.6) is 5.75 Å². The summed E-state index contributed by atoms with van der Waals surface area (Å²) in [7, 11) is 1.42. The molecule has 1 unspecified atom stereocenters. The van der Waals surface area contributed by atoms with Gasteiger partial charge in [-0.15, -0.1) is 0 Å². The first-order valence-corrected chi connectivity index (χ1v) is 6.06. The zero-order chi connectivity index (χ0) is 14.4. The standard InChI is InChI=1S/C14H18O5/c1-4-19-14(17)9(2)7-10-5-6-12(18-3)11(8-10)13(15)16/h5-6,8-9H,4,7H2,1-3H3,(H,15,16). The molecule has 0 spiro atoms. The van der Waals surface area contributed by atoms with Crippen molar-refractivity contribution in [3.8, 4) is 5.75 Å². The molecule has 1 aromatic carbocycles. The van der Waals surface area contributed by atoms with Crippen molar-refractivity contribution in [3.63, 3.8) is 0 Å². The zero-order valence-corrected chi connectivity index (χ0v) is 11.3. The minimum atomic E-state index is -1.05. The van der Waals surface area contributed by atoms with Gasteiger partial charge in [0.15, 0.2) is 0 Å². The molecule has 0 aliphatic heterocycles. The second-order valence-electron chi connectivity index (χ2n) is 4.20. The molecule has 1 N–H and O–H groups in total. The van der Waals surface area contributed by atoms with Crippen molar-refractivity contribution in [2.75, 3.05) is 13.7 Å². The Balaban J connectivity index is 2.88. The second-order valence-corrected chi connectivity index (χ2v) is 4.20. The van der Waals surface area contributed by atoms with Gasteiger partial charge in [0.2, 0.25) is 0 Å². The largest absolute Gasteiger partial charge is 0.496 e. The maximum atomic E-state index is 11.5. The van der Waals surface area contributed by atoms with E-state index in [1.54, 1.807) is 26.0 Å². The fourth-order valence-electron chi connectivity index (χ4n) is 1.77. The summed E-state index contributed by atoms with van der Waals surface area (Å²) >= 11 is 0. The quantitative estimate of drug-likeness (QED) is 0.798. The third-order valence-corrected chi connectivity index (χ3v) is 2.73. The van der Waals surface area contributed by atoms with Crippen LogP contribution in [0.3, 0.4) is 0 Å². The van der Waals surface area contributed by atoms with Crippen LogP contribution in [-0.4, -0.2) is 30.8 Å². The lowest BCUT2D eigenvalue weighted by Crippen LogP contribution is -2.17. The molecular formula is C14H18O5. The van der Waals surface area contributed by atoms with Gasteiger partial charge in [-0.2, -0.15) is 0 Å². The van der Waals surface area contributed by atoms with Crippen molar-refractivity contribution in [2.45, 2.75) is 20.3 Å². The number of hydrogen-bond acceptors (Lipinski definition) is 4. The zero-order valence-electron chi connectivity index (χ0n) is 11.3. The number of benzene rings is 1. The van der Waals surface area contributed by atoms with Crippen LogP contribution in [-0.2, 0) is 16.0 Å². The molecule has 0 aliphatic rings. The maximum Gasteiger partial charge on any atom is 0.339 e. The van der Waals surface area contributed by atoms with E-state index in [1.807, 2.05) is 0 Å². The number of hydrogen-bond donors (Lipinski definition) is 1. The Bertz CT molecular complexity index is 467. The number of esters is 1. The summed E-state index contributed by atoms with van der Waals surface area (Å²) in [6.07, 6.45) is 0.434. The number of rotatable bonds is 6. The van der Waals surface area contributed by atoms with E-state index in [-0.39, 0.29) is 17.5 Å². The van der Waals surface area contributed by atoms with E-state index in [2.05, 4.69) is 0 Å². The molecule has 0 saturated heterocycles. The first-order chi connectivity index (χ1) is 8.99. The van der Waals surface area contributed by atoms with Crippen LogP contribution in [0.15, 0.2) is 18.2 Å². The lowest BCUT2D eigenvalue weighted by atomic mass is 9.99. The third kappa shape index (κ3) is 3.98. The molecule has 0 aromatic heterocycles. The van der Waals surface area contributed by atoms with Gasteiger partial charge in [-0.05, 0) is 31.0 Å². The summed E-state index contributed by atoms with van der Waals surface area (Å²) in [4.78, 5) is 22.6. The highest BCUT2D eigenvalue weighted by Crippen LogP contribution is 2.21. The molecule has 19 heavy (non-hydrogen) atoms. The SMILES string of the molecule is CCOC(=O)C(C)Cc1ccc(OC)c(C(=O)O)c1.